The van der Waals surface area contributed by atoms with Gasteiger partial charge in [0.1, 0.15) is 16.7 Å². The van der Waals surface area contributed by atoms with Crippen molar-refractivity contribution in [2.24, 2.45) is 5.73 Å². The molecule has 2 rings (SSSR count). The molecule has 1 unspecified atom stereocenters. The number of rotatable bonds is 3. The topological polar surface area (TPSA) is 81.3 Å². The molecule has 1 saturated heterocycles. The minimum atomic E-state index is -0.344. The van der Waals surface area contributed by atoms with Crippen LogP contribution in [0.25, 0.3) is 0 Å². The van der Waals surface area contributed by atoms with Gasteiger partial charge < -0.3 is 15.4 Å². The van der Waals surface area contributed by atoms with E-state index >= 15 is 0 Å². The molecular formula is C12H16N4O2S. The molecule has 0 aromatic carbocycles. The van der Waals surface area contributed by atoms with Gasteiger partial charge in [-0.3, -0.25) is 0 Å². The summed E-state index contributed by atoms with van der Waals surface area (Å²) >= 11 is 4.98. The lowest BCUT2D eigenvalue weighted by Gasteiger charge is -2.35. The van der Waals surface area contributed by atoms with Crippen LogP contribution in [-0.4, -0.2) is 40.6 Å². The average molecular weight is 280 g/mol. The van der Waals surface area contributed by atoms with Crippen molar-refractivity contribution in [2.75, 3.05) is 18.6 Å². The Balaban J connectivity index is 2.37. The molecule has 102 valence electrons. The van der Waals surface area contributed by atoms with Gasteiger partial charge in [0.05, 0.1) is 7.11 Å². The fourth-order valence-corrected chi connectivity index (χ4v) is 2.42. The first-order valence-electron chi connectivity index (χ1n) is 6.10. The maximum atomic E-state index is 11.9. The van der Waals surface area contributed by atoms with E-state index < -0.39 is 0 Å². The molecule has 7 heteroatoms. The van der Waals surface area contributed by atoms with Gasteiger partial charge >= 0.3 is 5.97 Å². The van der Waals surface area contributed by atoms with Crippen molar-refractivity contribution in [3.63, 3.8) is 0 Å². The third-order valence-electron chi connectivity index (χ3n) is 3.16. The van der Waals surface area contributed by atoms with E-state index in [1.807, 2.05) is 4.90 Å². The number of nitrogens with two attached hydrogens (primary N) is 1. The van der Waals surface area contributed by atoms with Crippen LogP contribution in [0.15, 0.2) is 12.4 Å². The minimum Gasteiger partial charge on any atom is -0.467 e. The number of hydrogen-bond donors (Lipinski definition) is 1. The van der Waals surface area contributed by atoms with E-state index in [2.05, 4.69) is 9.97 Å². The number of aromatic nitrogens is 2. The molecule has 19 heavy (non-hydrogen) atoms. The largest absolute Gasteiger partial charge is 0.467 e. The quantitative estimate of drug-likeness (QED) is 0.643. The molecule has 6 nitrogen and oxygen atoms in total. The zero-order valence-electron chi connectivity index (χ0n) is 10.7. The third kappa shape index (κ3) is 2.81. The molecule has 0 saturated carbocycles. The molecule has 2 N–H and O–H groups in total. The molecule has 1 aliphatic heterocycles. The Kier molecular flexibility index (Phi) is 4.26. The first-order chi connectivity index (χ1) is 9.15. The second-order valence-corrected chi connectivity index (χ2v) is 4.76. The molecule has 1 aliphatic rings. The summed E-state index contributed by atoms with van der Waals surface area (Å²) in [6.45, 7) is 0.716. The normalized spacial score (nSPS) is 19.0. The van der Waals surface area contributed by atoms with Crippen molar-refractivity contribution >= 4 is 29.0 Å². The van der Waals surface area contributed by atoms with Crippen LogP contribution in [0.4, 0.5) is 5.82 Å². The van der Waals surface area contributed by atoms with E-state index in [-0.39, 0.29) is 17.0 Å². The molecular weight excluding hydrogens is 264 g/mol. The Labute approximate surface area is 117 Å². The predicted molar refractivity (Wildman–Crippen MR) is 74.9 cm³/mol. The van der Waals surface area contributed by atoms with Gasteiger partial charge in [0.15, 0.2) is 5.82 Å². The Bertz CT molecular complexity index is 494. The van der Waals surface area contributed by atoms with Gasteiger partial charge in [-0.25, -0.2) is 14.8 Å². The van der Waals surface area contributed by atoms with Crippen LogP contribution in [0.1, 0.15) is 25.0 Å². The summed E-state index contributed by atoms with van der Waals surface area (Å²) in [5, 5.41) is 0. The van der Waals surface area contributed by atoms with Gasteiger partial charge in [0, 0.05) is 18.9 Å². The van der Waals surface area contributed by atoms with Crippen LogP contribution in [-0.2, 0) is 9.53 Å². The zero-order valence-corrected chi connectivity index (χ0v) is 11.5. The summed E-state index contributed by atoms with van der Waals surface area (Å²) in [6, 6.07) is -0.344. The summed E-state index contributed by atoms with van der Waals surface area (Å²) in [6.07, 6.45) is 5.81. The van der Waals surface area contributed by atoms with Crippen LogP contribution >= 0.6 is 12.2 Å². The maximum absolute atomic E-state index is 11.9. The monoisotopic (exact) mass is 280 g/mol. The van der Waals surface area contributed by atoms with Crippen molar-refractivity contribution in [3.05, 3.63) is 18.1 Å². The standard InChI is InChI=1S/C12H16N4O2S/c1-18-12(17)8-4-2-3-7-16(8)11-9(10(13)19)14-5-6-15-11/h5-6,8H,2-4,7H2,1H3,(H2,13,19). The fourth-order valence-electron chi connectivity index (χ4n) is 2.28. The van der Waals surface area contributed by atoms with E-state index in [0.29, 0.717) is 18.1 Å². The number of piperidine rings is 1. The van der Waals surface area contributed by atoms with Gasteiger partial charge in [-0.2, -0.15) is 0 Å². The van der Waals surface area contributed by atoms with Gasteiger partial charge in [-0.05, 0) is 19.3 Å². The van der Waals surface area contributed by atoms with Crippen molar-refractivity contribution in [1.82, 2.24) is 9.97 Å². The maximum Gasteiger partial charge on any atom is 0.328 e. The Morgan fingerprint density at radius 3 is 2.89 bits per heavy atom. The molecule has 2 heterocycles. The summed E-state index contributed by atoms with van der Waals surface area (Å²) in [7, 11) is 1.39. The Morgan fingerprint density at radius 1 is 1.47 bits per heavy atom. The first kappa shape index (κ1) is 13.7. The second-order valence-electron chi connectivity index (χ2n) is 4.32. The highest BCUT2D eigenvalue weighted by atomic mass is 32.1. The Hall–Kier alpha value is -1.76. The molecule has 0 bridgehead atoms. The lowest BCUT2D eigenvalue weighted by atomic mass is 10.0. The molecule has 0 radical (unpaired) electrons. The van der Waals surface area contributed by atoms with Crippen LogP contribution < -0.4 is 10.6 Å². The second kappa shape index (κ2) is 5.92. The van der Waals surface area contributed by atoms with E-state index in [1.54, 1.807) is 6.20 Å². The minimum absolute atomic E-state index is 0.178. The number of hydrogen-bond acceptors (Lipinski definition) is 6. The van der Waals surface area contributed by atoms with E-state index in [0.717, 1.165) is 19.3 Å². The van der Waals surface area contributed by atoms with Gasteiger partial charge in [-0.1, -0.05) is 12.2 Å². The number of esters is 1. The highest BCUT2D eigenvalue weighted by Gasteiger charge is 2.32. The molecule has 0 amide bonds. The van der Waals surface area contributed by atoms with Crippen LogP contribution in [0.2, 0.25) is 0 Å². The summed E-state index contributed by atoms with van der Waals surface area (Å²) in [5.74, 6) is 0.296. The van der Waals surface area contributed by atoms with Gasteiger partial charge in [-0.15, -0.1) is 0 Å². The number of anilines is 1. The highest BCUT2D eigenvalue weighted by Crippen LogP contribution is 2.25. The van der Waals surface area contributed by atoms with Crippen LogP contribution in [0.3, 0.4) is 0 Å². The van der Waals surface area contributed by atoms with Crippen LogP contribution in [0.5, 0.6) is 0 Å². The van der Waals surface area contributed by atoms with Crippen LogP contribution in [0, 0.1) is 0 Å². The van der Waals surface area contributed by atoms with Crippen molar-refractivity contribution in [1.29, 1.82) is 0 Å². The third-order valence-corrected chi connectivity index (χ3v) is 3.35. The number of methoxy groups -OCH3 is 1. The van der Waals surface area contributed by atoms with E-state index in [9.17, 15) is 4.79 Å². The molecule has 0 spiro atoms. The average Bonchev–Trinajstić information content (AvgIpc) is 2.46. The molecule has 1 fully saturated rings. The predicted octanol–water partition coefficient (Wildman–Crippen LogP) is 0.643. The van der Waals surface area contributed by atoms with Gasteiger partial charge in [0.25, 0.3) is 0 Å². The lowest BCUT2D eigenvalue weighted by molar-refractivity contribution is -0.142. The highest BCUT2D eigenvalue weighted by molar-refractivity contribution is 7.80. The van der Waals surface area contributed by atoms with Crippen molar-refractivity contribution in [2.45, 2.75) is 25.3 Å². The summed E-state index contributed by atoms with van der Waals surface area (Å²) < 4.78 is 4.85. The lowest BCUT2D eigenvalue weighted by Crippen LogP contribution is -2.46. The van der Waals surface area contributed by atoms with E-state index in [4.69, 9.17) is 22.7 Å². The van der Waals surface area contributed by atoms with E-state index in [1.165, 1.54) is 13.3 Å². The smallest absolute Gasteiger partial charge is 0.328 e. The Morgan fingerprint density at radius 2 is 2.21 bits per heavy atom. The zero-order chi connectivity index (χ0) is 13.8. The van der Waals surface area contributed by atoms with Crippen molar-refractivity contribution < 1.29 is 9.53 Å². The van der Waals surface area contributed by atoms with Gasteiger partial charge in [0.2, 0.25) is 0 Å². The molecule has 0 aliphatic carbocycles. The number of carbonyl (C=O) groups excluding carboxylic acids is 1. The number of carbonyl (C=O) groups is 1. The summed E-state index contributed by atoms with van der Waals surface area (Å²) in [4.78, 5) is 22.3. The van der Waals surface area contributed by atoms with Crippen molar-refractivity contribution in [3.8, 4) is 0 Å². The number of nitrogens with zero attached hydrogens (tertiary/aromatic N) is 3. The first-order valence-corrected chi connectivity index (χ1v) is 6.51. The molecule has 1 atom stereocenters. The number of thiocarbonyl (C=S) groups is 1. The summed E-state index contributed by atoms with van der Waals surface area (Å²) in [5.41, 5.74) is 6.11. The number of ether oxygens (including phenoxy) is 1. The molecule has 1 aromatic rings. The SMILES string of the molecule is COC(=O)C1CCCCN1c1nccnc1C(N)=S. The molecule has 1 aromatic heterocycles. The fraction of sp³-hybridized carbons (Fsp3) is 0.500.